The SMILES string of the molecule is Cc1nn2ccc(CCc3nc(N4CCCC4)nn3C)nc2c1C. The van der Waals surface area contributed by atoms with Crippen LogP contribution in [-0.4, -0.2) is 42.5 Å². The minimum Gasteiger partial charge on any atom is -0.340 e. The highest BCUT2D eigenvalue weighted by molar-refractivity contribution is 5.49. The molecular weight excluding hydrogens is 302 g/mol. The first-order valence-electron chi connectivity index (χ1n) is 8.58. The number of rotatable bonds is 4. The number of aryl methyl sites for hydroxylation is 5. The third-order valence-electron chi connectivity index (χ3n) is 4.85. The van der Waals surface area contributed by atoms with E-state index in [1.54, 1.807) is 0 Å². The zero-order valence-corrected chi connectivity index (χ0v) is 14.5. The molecule has 0 aromatic carbocycles. The third-order valence-corrected chi connectivity index (χ3v) is 4.85. The van der Waals surface area contributed by atoms with Crippen LogP contribution in [0.3, 0.4) is 0 Å². The van der Waals surface area contributed by atoms with Gasteiger partial charge in [0.05, 0.1) is 5.69 Å². The molecule has 3 aromatic heterocycles. The second-order valence-electron chi connectivity index (χ2n) is 6.54. The molecule has 0 atom stereocenters. The van der Waals surface area contributed by atoms with E-state index in [0.717, 1.165) is 60.3 Å². The second-order valence-corrected chi connectivity index (χ2v) is 6.54. The van der Waals surface area contributed by atoms with Gasteiger partial charge in [0.15, 0.2) is 5.65 Å². The fourth-order valence-corrected chi connectivity index (χ4v) is 3.24. The lowest BCUT2D eigenvalue weighted by Crippen LogP contribution is -2.19. The highest BCUT2D eigenvalue weighted by Crippen LogP contribution is 2.17. The summed E-state index contributed by atoms with van der Waals surface area (Å²) in [6.45, 7) is 6.23. The van der Waals surface area contributed by atoms with Crippen molar-refractivity contribution in [2.24, 2.45) is 7.05 Å². The van der Waals surface area contributed by atoms with Crippen molar-refractivity contribution < 1.29 is 0 Å². The van der Waals surface area contributed by atoms with Crippen LogP contribution in [-0.2, 0) is 19.9 Å². The van der Waals surface area contributed by atoms with Gasteiger partial charge in [-0.2, -0.15) is 10.1 Å². The van der Waals surface area contributed by atoms with Crippen molar-refractivity contribution in [3.05, 3.63) is 35.0 Å². The Hall–Kier alpha value is -2.44. The summed E-state index contributed by atoms with van der Waals surface area (Å²) in [7, 11) is 1.98. The molecule has 4 heterocycles. The zero-order chi connectivity index (χ0) is 16.7. The summed E-state index contributed by atoms with van der Waals surface area (Å²) < 4.78 is 3.75. The highest BCUT2D eigenvalue weighted by atomic mass is 15.4. The average molecular weight is 325 g/mol. The molecule has 3 aromatic rings. The predicted molar refractivity (Wildman–Crippen MR) is 92.3 cm³/mol. The van der Waals surface area contributed by atoms with Gasteiger partial charge in [-0.1, -0.05) is 0 Å². The molecule has 7 nitrogen and oxygen atoms in total. The average Bonchev–Trinajstić information content (AvgIpc) is 3.27. The molecule has 0 amide bonds. The van der Waals surface area contributed by atoms with Crippen molar-refractivity contribution in [2.75, 3.05) is 18.0 Å². The summed E-state index contributed by atoms with van der Waals surface area (Å²) in [5.74, 6) is 1.88. The molecule has 0 spiro atoms. The van der Waals surface area contributed by atoms with E-state index < -0.39 is 0 Å². The van der Waals surface area contributed by atoms with E-state index in [9.17, 15) is 0 Å². The number of hydrogen-bond donors (Lipinski definition) is 0. The van der Waals surface area contributed by atoms with Crippen molar-refractivity contribution in [3.63, 3.8) is 0 Å². The van der Waals surface area contributed by atoms with E-state index in [-0.39, 0.29) is 0 Å². The Labute approximate surface area is 141 Å². The lowest BCUT2D eigenvalue weighted by Gasteiger charge is -2.10. The maximum Gasteiger partial charge on any atom is 0.244 e. The Morgan fingerprint density at radius 3 is 2.62 bits per heavy atom. The van der Waals surface area contributed by atoms with Crippen molar-refractivity contribution in [1.29, 1.82) is 0 Å². The number of fused-ring (bicyclic) bond motifs is 1. The van der Waals surface area contributed by atoms with Gasteiger partial charge >= 0.3 is 0 Å². The second kappa shape index (κ2) is 5.89. The molecule has 126 valence electrons. The molecule has 0 radical (unpaired) electrons. The molecule has 4 rings (SSSR count). The summed E-state index contributed by atoms with van der Waals surface area (Å²) in [5, 5.41) is 9.03. The lowest BCUT2D eigenvalue weighted by atomic mass is 10.2. The lowest BCUT2D eigenvalue weighted by molar-refractivity contribution is 0.686. The molecule has 1 fully saturated rings. The largest absolute Gasteiger partial charge is 0.340 e. The van der Waals surface area contributed by atoms with Gasteiger partial charge in [-0.3, -0.25) is 4.68 Å². The summed E-state index contributed by atoms with van der Waals surface area (Å²) in [4.78, 5) is 11.8. The van der Waals surface area contributed by atoms with Gasteiger partial charge in [-0.25, -0.2) is 9.50 Å². The smallest absolute Gasteiger partial charge is 0.244 e. The number of anilines is 1. The zero-order valence-electron chi connectivity index (χ0n) is 14.5. The number of aromatic nitrogens is 6. The maximum atomic E-state index is 4.76. The minimum atomic E-state index is 0.840. The molecule has 7 heteroatoms. The van der Waals surface area contributed by atoms with Crippen molar-refractivity contribution in [1.82, 2.24) is 29.4 Å². The Kier molecular flexibility index (Phi) is 3.70. The molecule has 1 aliphatic rings. The molecule has 0 saturated carbocycles. The maximum absolute atomic E-state index is 4.76. The van der Waals surface area contributed by atoms with Gasteiger partial charge < -0.3 is 4.90 Å². The molecule has 1 aliphatic heterocycles. The minimum absolute atomic E-state index is 0.840. The van der Waals surface area contributed by atoms with E-state index in [4.69, 9.17) is 9.97 Å². The van der Waals surface area contributed by atoms with Crippen LogP contribution in [0.15, 0.2) is 12.3 Å². The van der Waals surface area contributed by atoms with Crippen LogP contribution >= 0.6 is 0 Å². The summed E-state index contributed by atoms with van der Waals surface area (Å²) in [5.41, 5.74) is 4.19. The van der Waals surface area contributed by atoms with Crippen LogP contribution in [0.2, 0.25) is 0 Å². The summed E-state index contributed by atoms with van der Waals surface area (Å²) >= 11 is 0. The van der Waals surface area contributed by atoms with Gasteiger partial charge in [0.1, 0.15) is 5.82 Å². The fourth-order valence-electron chi connectivity index (χ4n) is 3.24. The van der Waals surface area contributed by atoms with E-state index in [1.807, 2.05) is 35.4 Å². The van der Waals surface area contributed by atoms with Gasteiger partial charge in [0, 0.05) is 44.0 Å². The van der Waals surface area contributed by atoms with Crippen molar-refractivity contribution in [2.45, 2.75) is 39.5 Å². The third kappa shape index (κ3) is 2.64. The van der Waals surface area contributed by atoms with Crippen LogP contribution < -0.4 is 4.90 Å². The van der Waals surface area contributed by atoms with Gasteiger partial charge in [0.2, 0.25) is 5.95 Å². The first-order chi connectivity index (χ1) is 11.6. The van der Waals surface area contributed by atoms with Crippen LogP contribution in [0.5, 0.6) is 0 Å². The van der Waals surface area contributed by atoms with Gasteiger partial charge in [-0.15, -0.1) is 5.10 Å². The van der Waals surface area contributed by atoms with E-state index in [2.05, 4.69) is 22.0 Å². The Morgan fingerprint density at radius 1 is 1.04 bits per heavy atom. The number of hydrogen-bond acceptors (Lipinski definition) is 5. The van der Waals surface area contributed by atoms with Crippen LogP contribution in [0.4, 0.5) is 5.95 Å². The van der Waals surface area contributed by atoms with E-state index in [1.165, 1.54) is 12.8 Å². The fraction of sp³-hybridized carbons (Fsp3) is 0.529. The molecular formula is C17H23N7. The normalized spacial score (nSPS) is 14.9. The van der Waals surface area contributed by atoms with Gasteiger partial charge in [0.25, 0.3) is 0 Å². The Bertz CT molecular complexity index is 871. The number of nitrogens with zero attached hydrogens (tertiary/aromatic N) is 7. The highest BCUT2D eigenvalue weighted by Gasteiger charge is 2.18. The molecule has 0 unspecified atom stereocenters. The topological polar surface area (TPSA) is 64.1 Å². The molecule has 0 bridgehead atoms. The van der Waals surface area contributed by atoms with Crippen LogP contribution in [0.25, 0.3) is 5.65 Å². The molecule has 24 heavy (non-hydrogen) atoms. The van der Waals surface area contributed by atoms with Crippen LogP contribution in [0, 0.1) is 13.8 Å². The van der Waals surface area contributed by atoms with Gasteiger partial charge in [-0.05, 0) is 39.2 Å². The van der Waals surface area contributed by atoms with E-state index in [0.29, 0.717) is 0 Å². The standard InChI is InChI=1S/C17H23N7/c1-12-13(2)20-24-11-8-14(18-16(12)24)6-7-15-19-17(21-22(15)3)23-9-4-5-10-23/h8,11H,4-7,9-10H2,1-3H3. The predicted octanol–water partition coefficient (Wildman–Crippen LogP) is 1.86. The first-order valence-corrected chi connectivity index (χ1v) is 8.58. The van der Waals surface area contributed by atoms with Crippen LogP contribution in [0.1, 0.15) is 35.6 Å². The van der Waals surface area contributed by atoms with E-state index >= 15 is 0 Å². The molecule has 1 saturated heterocycles. The monoisotopic (exact) mass is 325 g/mol. The summed E-state index contributed by atoms with van der Waals surface area (Å²) in [6, 6.07) is 2.04. The van der Waals surface area contributed by atoms with Crippen molar-refractivity contribution in [3.8, 4) is 0 Å². The summed E-state index contributed by atoms with van der Waals surface area (Å²) in [6.07, 6.45) is 6.16. The van der Waals surface area contributed by atoms with Crippen molar-refractivity contribution >= 4 is 11.6 Å². The quantitative estimate of drug-likeness (QED) is 0.732. The molecule has 0 N–H and O–H groups in total. The Morgan fingerprint density at radius 2 is 1.83 bits per heavy atom. The Balaban J connectivity index is 1.51. The molecule has 0 aliphatic carbocycles. The first kappa shape index (κ1) is 15.1.